The van der Waals surface area contributed by atoms with Gasteiger partial charge in [0.25, 0.3) is 0 Å². The highest BCUT2D eigenvalue weighted by Crippen LogP contribution is 2.40. The van der Waals surface area contributed by atoms with E-state index >= 15 is 0 Å². The first-order valence-corrected chi connectivity index (χ1v) is 6.05. The van der Waals surface area contributed by atoms with E-state index in [0.29, 0.717) is 5.82 Å². The fourth-order valence-corrected chi connectivity index (χ4v) is 2.33. The molecule has 0 radical (unpaired) electrons. The highest BCUT2D eigenvalue weighted by molar-refractivity contribution is 5.68. The maximum absolute atomic E-state index is 5.73. The highest BCUT2D eigenvalue weighted by atomic mass is 16.5. The van der Waals surface area contributed by atoms with Crippen LogP contribution in [-0.2, 0) is 5.41 Å². The van der Waals surface area contributed by atoms with Crippen LogP contribution in [0.15, 0.2) is 36.5 Å². The van der Waals surface area contributed by atoms with Gasteiger partial charge in [0.05, 0.1) is 6.61 Å². The van der Waals surface area contributed by atoms with Gasteiger partial charge in [0.15, 0.2) is 0 Å². The Morgan fingerprint density at radius 3 is 2.72 bits per heavy atom. The molecule has 0 unspecified atom stereocenters. The van der Waals surface area contributed by atoms with E-state index < -0.39 is 0 Å². The van der Waals surface area contributed by atoms with Crippen LogP contribution in [0.2, 0.25) is 0 Å². The van der Waals surface area contributed by atoms with Gasteiger partial charge in [-0.15, -0.1) is 0 Å². The summed E-state index contributed by atoms with van der Waals surface area (Å²) < 4.78 is 5.69. The molecule has 3 rings (SSSR count). The van der Waals surface area contributed by atoms with E-state index in [-0.39, 0.29) is 5.41 Å². The smallest absolute Gasteiger partial charge is 0.123 e. The second kappa shape index (κ2) is 3.73. The molecule has 1 aliphatic rings. The van der Waals surface area contributed by atoms with Gasteiger partial charge in [-0.25, -0.2) is 4.98 Å². The Balaban J connectivity index is 2.11. The van der Waals surface area contributed by atoms with Crippen molar-refractivity contribution in [1.29, 1.82) is 0 Å². The van der Waals surface area contributed by atoms with Crippen LogP contribution in [-0.4, -0.2) is 11.6 Å². The summed E-state index contributed by atoms with van der Waals surface area (Å²) in [6.45, 7) is 5.14. The van der Waals surface area contributed by atoms with Gasteiger partial charge in [-0.2, -0.15) is 0 Å². The Labute approximate surface area is 107 Å². The van der Waals surface area contributed by atoms with Crippen molar-refractivity contribution >= 4 is 5.82 Å². The number of nitrogen functional groups attached to an aromatic ring is 1. The summed E-state index contributed by atoms with van der Waals surface area (Å²) in [6, 6.07) is 10.2. The van der Waals surface area contributed by atoms with Gasteiger partial charge in [0, 0.05) is 17.2 Å². The standard InChI is InChI=1S/C15H16N2O/c1-15(2)9-18-13-4-3-10(7-12(13)15)11-5-6-17-14(16)8-11/h3-8H,9H2,1-2H3,(H2,16,17). The largest absolute Gasteiger partial charge is 0.492 e. The lowest BCUT2D eigenvalue weighted by atomic mass is 9.85. The average Bonchev–Trinajstić information content (AvgIpc) is 2.65. The fraction of sp³-hybridized carbons (Fsp3) is 0.267. The maximum atomic E-state index is 5.73. The number of pyridine rings is 1. The molecule has 0 atom stereocenters. The third kappa shape index (κ3) is 1.72. The van der Waals surface area contributed by atoms with E-state index in [1.165, 1.54) is 5.56 Å². The number of fused-ring (bicyclic) bond motifs is 1. The van der Waals surface area contributed by atoms with Gasteiger partial charge in [-0.05, 0) is 35.4 Å². The van der Waals surface area contributed by atoms with E-state index in [1.807, 2.05) is 18.2 Å². The van der Waals surface area contributed by atoms with Crippen LogP contribution in [0, 0.1) is 0 Å². The number of nitrogens with zero attached hydrogens (tertiary/aromatic N) is 1. The van der Waals surface area contributed by atoms with E-state index in [4.69, 9.17) is 10.5 Å². The van der Waals surface area contributed by atoms with E-state index in [1.54, 1.807) is 6.20 Å². The van der Waals surface area contributed by atoms with Gasteiger partial charge in [0.2, 0.25) is 0 Å². The highest BCUT2D eigenvalue weighted by Gasteiger charge is 2.31. The fourth-order valence-electron chi connectivity index (χ4n) is 2.33. The Morgan fingerprint density at radius 2 is 1.94 bits per heavy atom. The van der Waals surface area contributed by atoms with Crippen LogP contribution in [0.4, 0.5) is 5.82 Å². The number of hydrogen-bond donors (Lipinski definition) is 1. The van der Waals surface area contributed by atoms with Crippen LogP contribution in [0.5, 0.6) is 5.75 Å². The van der Waals surface area contributed by atoms with Crippen molar-refractivity contribution < 1.29 is 4.74 Å². The molecule has 2 aromatic rings. The van der Waals surface area contributed by atoms with Gasteiger partial charge in [-0.3, -0.25) is 0 Å². The molecule has 3 heteroatoms. The molecule has 18 heavy (non-hydrogen) atoms. The van der Waals surface area contributed by atoms with Crippen molar-refractivity contribution in [2.45, 2.75) is 19.3 Å². The lowest BCUT2D eigenvalue weighted by molar-refractivity contribution is 0.291. The van der Waals surface area contributed by atoms with Crippen LogP contribution in [0.1, 0.15) is 19.4 Å². The normalized spacial score (nSPS) is 16.1. The lowest BCUT2D eigenvalue weighted by Crippen LogP contribution is -2.18. The van der Waals surface area contributed by atoms with Crippen molar-refractivity contribution in [3.05, 3.63) is 42.1 Å². The number of rotatable bonds is 1. The van der Waals surface area contributed by atoms with E-state index in [9.17, 15) is 0 Å². The van der Waals surface area contributed by atoms with Crippen LogP contribution < -0.4 is 10.5 Å². The number of ether oxygens (including phenoxy) is 1. The van der Waals surface area contributed by atoms with E-state index in [0.717, 1.165) is 23.5 Å². The first kappa shape index (κ1) is 11.1. The minimum absolute atomic E-state index is 0.0733. The average molecular weight is 240 g/mol. The zero-order chi connectivity index (χ0) is 12.8. The van der Waals surface area contributed by atoms with Crippen molar-refractivity contribution in [2.24, 2.45) is 0 Å². The Kier molecular flexibility index (Phi) is 2.30. The van der Waals surface area contributed by atoms with Crippen LogP contribution in [0.3, 0.4) is 0 Å². The summed E-state index contributed by atoms with van der Waals surface area (Å²) in [5.41, 5.74) is 9.30. The van der Waals surface area contributed by atoms with Crippen molar-refractivity contribution in [3.63, 3.8) is 0 Å². The van der Waals surface area contributed by atoms with Crippen LogP contribution >= 0.6 is 0 Å². The lowest BCUT2D eigenvalue weighted by Gasteiger charge is -2.16. The molecule has 1 aliphatic heterocycles. The zero-order valence-electron chi connectivity index (χ0n) is 10.6. The molecule has 1 aromatic carbocycles. The molecule has 92 valence electrons. The molecular formula is C15H16N2O. The minimum Gasteiger partial charge on any atom is -0.492 e. The monoisotopic (exact) mass is 240 g/mol. The number of hydrogen-bond acceptors (Lipinski definition) is 3. The van der Waals surface area contributed by atoms with Crippen molar-refractivity contribution in [1.82, 2.24) is 4.98 Å². The zero-order valence-corrected chi connectivity index (χ0v) is 10.6. The third-order valence-corrected chi connectivity index (χ3v) is 3.41. The van der Waals surface area contributed by atoms with Crippen molar-refractivity contribution in [2.75, 3.05) is 12.3 Å². The number of anilines is 1. The van der Waals surface area contributed by atoms with Gasteiger partial charge >= 0.3 is 0 Å². The molecule has 0 saturated carbocycles. The predicted octanol–water partition coefficient (Wildman–Crippen LogP) is 3.00. The second-order valence-corrected chi connectivity index (χ2v) is 5.35. The Hall–Kier alpha value is -2.03. The SMILES string of the molecule is CC1(C)COc2ccc(-c3ccnc(N)c3)cc21. The van der Waals surface area contributed by atoms with Gasteiger partial charge < -0.3 is 10.5 Å². The summed E-state index contributed by atoms with van der Waals surface area (Å²) in [5.74, 6) is 1.54. The molecule has 0 aliphatic carbocycles. The maximum Gasteiger partial charge on any atom is 0.123 e. The molecule has 0 fully saturated rings. The van der Waals surface area contributed by atoms with Crippen LogP contribution in [0.25, 0.3) is 11.1 Å². The molecular weight excluding hydrogens is 224 g/mol. The van der Waals surface area contributed by atoms with Gasteiger partial charge in [-0.1, -0.05) is 19.9 Å². The topological polar surface area (TPSA) is 48.1 Å². The number of nitrogens with two attached hydrogens (primary N) is 1. The summed E-state index contributed by atoms with van der Waals surface area (Å²) in [4.78, 5) is 4.02. The summed E-state index contributed by atoms with van der Waals surface area (Å²) in [6.07, 6.45) is 1.74. The Morgan fingerprint density at radius 1 is 1.17 bits per heavy atom. The Bertz CT molecular complexity index is 605. The molecule has 0 bridgehead atoms. The summed E-state index contributed by atoms with van der Waals surface area (Å²) >= 11 is 0. The minimum atomic E-state index is 0.0733. The quantitative estimate of drug-likeness (QED) is 0.833. The van der Waals surface area contributed by atoms with Gasteiger partial charge in [0.1, 0.15) is 11.6 Å². The summed E-state index contributed by atoms with van der Waals surface area (Å²) in [5, 5.41) is 0. The van der Waals surface area contributed by atoms with Crippen molar-refractivity contribution in [3.8, 4) is 16.9 Å². The third-order valence-electron chi connectivity index (χ3n) is 3.41. The first-order chi connectivity index (χ1) is 8.56. The molecule has 3 nitrogen and oxygen atoms in total. The molecule has 1 aromatic heterocycles. The molecule has 0 saturated heterocycles. The van der Waals surface area contributed by atoms with E-state index in [2.05, 4.69) is 31.0 Å². The second-order valence-electron chi connectivity index (χ2n) is 5.35. The number of benzene rings is 1. The molecule has 0 amide bonds. The molecule has 2 heterocycles. The summed E-state index contributed by atoms with van der Waals surface area (Å²) in [7, 11) is 0. The molecule has 0 spiro atoms. The first-order valence-electron chi connectivity index (χ1n) is 6.05. The number of aromatic nitrogens is 1. The predicted molar refractivity (Wildman–Crippen MR) is 72.6 cm³/mol. The molecule has 2 N–H and O–H groups in total.